The van der Waals surface area contributed by atoms with Crippen molar-refractivity contribution in [2.24, 2.45) is 5.92 Å². The first-order valence-corrected chi connectivity index (χ1v) is 14.2. The van der Waals surface area contributed by atoms with E-state index in [0.29, 0.717) is 37.4 Å². The van der Waals surface area contributed by atoms with Gasteiger partial charge >= 0.3 is 5.97 Å². The van der Waals surface area contributed by atoms with Crippen molar-refractivity contribution in [3.63, 3.8) is 0 Å². The topological polar surface area (TPSA) is 117 Å². The van der Waals surface area contributed by atoms with Gasteiger partial charge < -0.3 is 29.7 Å². The zero-order valence-electron chi connectivity index (χ0n) is 23.9. The summed E-state index contributed by atoms with van der Waals surface area (Å²) in [4.78, 5) is 28.0. The van der Waals surface area contributed by atoms with Gasteiger partial charge in [-0.15, -0.1) is 0 Å². The van der Waals surface area contributed by atoms with Gasteiger partial charge in [0, 0.05) is 26.3 Å². The average molecular weight is 536 g/mol. The van der Waals surface area contributed by atoms with Crippen molar-refractivity contribution in [2.75, 3.05) is 13.7 Å². The Kier molecular flexibility index (Phi) is 13.0. The zero-order valence-corrected chi connectivity index (χ0v) is 23.9. The Balaban J connectivity index is 2.18. The Morgan fingerprint density at radius 2 is 1.79 bits per heavy atom. The van der Waals surface area contributed by atoms with Crippen LogP contribution in [0.25, 0.3) is 0 Å². The van der Waals surface area contributed by atoms with E-state index in [1.54, 1.807) is 19.2 Å². The molecule has 1 amide bonds. The zero-order chi connectivity index (χ0) is 28.3. The third-order valence-electron chi connectivity index (χ3n) is 7.47. The largest absolute Gasteiger partial charge is 0.491 e. The molecule has 38 heavy (non-hydrogen) atoms. The summed E-state index contributed by atoms with van der Waals surface area (Å²) in [6.07, 6.45) is 5.03. The Morgan fingerprint density at radius 3 is 2.42 bits per heavy atom. The van der Waals surface area contributed by atoms with Crippen LogP contribution in [0.5, 0.6) is 5.75 Å². The fourth-order valence-corrected chi connectivity index (χ4v) is 4.66. The van der Waals surface area contributed by atoms with Gasteiger partial charge in [0.2, 0.25) is 5.91 Å². The maximum absolute atomic E-state index is 13.5. The molecular formula is C30H49NO7. The molecule has 1 fully saturated rings. The van der Waals surface area contributed by atoms with E-state index in [1.165, 1.54) is 18.7 Å². The SMILES string of the molecule is CCC[C@H](O)CC1CC[C@H](C)CCCCC(=O)N(C)C(Cc2ccc(OCC(O)C(C)(C)O)cc2)C(=O)O1. The molecule has 0 radical (unpaired) electrons. The second kappa shape index (κ2) is 15.4. The van der Waals surface area contributed by atoms with Crippen LogP contribution in [-0.4, -0.2) is 75.7 Å². The predicted molar refractivity (Wildman–Crippen MR) is 147 cm³/mol. The van der Waals surface area contributed by atoms with Gasteiger partial charge in [0.15, 0.2) is 0 Å². The Bertz CT molecular complexity index is 851. The van der Waals surface area contributed by atoms with E-state index in [1.807, 2.05) is 19.1 Å². The smallest absolute Gasteiger partial charge is 0.329 e. The van der Waals surface area contributed by atoms with E-state index in [4.69, 9.17) is 9.47 Å². The molecule has 2 rings (SSSR count). The number of benzene rings is 1. The first-order chi connectivity index (χ1) is 17.9. The van der Waals surface area contributed by atoms with Crippen LogP contribution in [0.2, 0.25) is 0 Å². The number of hydrogen-bond acceptors (Lipinski definition) is 7. The molecule has 8 nitrogen and oxygen atoms in total. The predicted octanol–water partition coefficient (Wildman–Crippen LogP) is 4.02. The standard InChI is InChI=1S/C30H49NO7/c1-6-9-23(32)19-25-15-12-21(2)10-7-8-11-28(34)31(5)26(29(35)38-25)18-22-13-16-24(17-14-22)37-20-27(33)30(3,4)36/h13-14,16-17,21,23,25-27,32-33,36H,6-12,15,18-20H2,1-5H3/t21-,23+,25?,26?,27?/m1/s1. The Labute approximate surface area is 228 Å². The number of ether oxygens (including phenoxy) is 2. The molecule has 0 aromatic heterocycles. The molecule has 0 bridgehead atoms. The van der Waals surface area contributed by atoms with E-state index >= 15 is 0 Å². The monoisotopic (exact) mass is 535 g/mol. The summed E-state index contributed by atoms with van der Waals surface area (Å²) in [5.74, 6) is 0.462. The number of aliphatic hydroxyl groups excluding tert-OH is 2. The molecule has 0 aliphatic carbocycles. The lowest BCUT2D eigenvalue weighted by Crippen LogP contribution is -2.46. The second-order valence-corrected chi connectivity index (χ2v) is 11.5. The highest BCUT2D eigenvalue weighted by molar-refractivity contribution is 5.84. The number of cyclic esters (lactones) is 1. The summed E-state index contributed by atoms with van der Waals surface area (Å²) >= 11 is 0. The lowest BCUT2D eigenvalue weighted by Gasteiger charge is -2.29. The molecule has 1 heterocycles. The maximum Gasteiger partial charge on any atom is 0.329 e. The van der Waals surface area contributed by atoms with Crippen molar-refractivity contribution in [3.8, 4) is 5.75 Å². The van der Waals surface area contributed by atoms with Crippen molar-refractivity contribution in [2.45, 2.75) is 122 Å². The number of esters is 1. The van der Waals surface area contributed by atoms with Crippen LogP contribution in [0.15, 0.2) is 24.3 Å². The number of carbonyl (C=O) groups is 2. The molecule has 0 saturated carbocycles. The van der Waals surface area contributed by atoms with E-state index < -0.39 is 35.9 Å². The molecule has 1 aromatic rings. The van der Waals surface area contributed by atoms with Gasteiger partial charge in [-0.25, -0.2) is 4.79 Å². The number of carbonyl (C=O) groups excluding carboxylic acids is 2. The van der Waals surface area contributed by atoms with E-state index in [9.17, 15) is 24.9 Å². The minimum atomic E-state index is -1.27. The molecular weight excluding hydrogens is 486 g/mol. The maximum atomic E-state index is 13.5. The van der Waals surface area contributed by atoms with E-state index in [0.717, 1.165) is 37.7 Å². The summed E-state index contributed by atoms with van der Waals surface area (Å²) in [5.41, 5.74) is -0.436. The van der Waals surface area contributed by atoms with Crippen LogP contribution in [0.1, 0.15) is 91.0 Å². The summed E-state index contributed by atoms with van der Waals surface area (Å²) < 4.78 is 11.6. The van der Waals surface area contributed by atoms with Crippen molar-refractivity contribution >= 4 is 11.9 Å². The summed E-state index contributed by atoms with van der Waals surface area (Å²) in [5, 5.41) is 30.3. The number of hydrogen-bond donors (Lipinski definition) is 3. The van der Waals surface area contributed by atoms with Crippen LogP contribution in [0.3, 0.4) is 0 Å². The van der Waals surface area contributed by atoms with Crippen LogP contribution >= 0.6 is 0 Å². The van der Waals surface area contributed by atoms with Gasteiger partial charge in [0.05, 0.1) is 11.7 Å². The number of amides is 1. The third-order valence-corrected chi connectivity index (χ3v) is 7.47. The quantitative estimate of drug-likeness (QED) is 0.388. The second-order valence-electron chi connectivity index (χ2n) is 11.5. The van der Waals surface area contributed by atoms with Gasteiger partial charge in [-0.2, -0.15) is 0 Å². The first kappa shape index (κ1) is 32.1. The lowest BCUT2D eigenvalue weighted by atomic mass is 9.94. The van der Waals surface area contributed by atoms with Crippen LogP contribution in [0, 0.1) is 5.92 Å². The van der Waals surface area contributed by atoms with Gasteiger partial charge in [0.25, 0.3) is 0 Å². The fraction of sp³-hybridized carbons (Fsp3) is 0.733. The number of aliphatic hydroxyl groups is 3. The first-order valence-electron chi connectivity index (χ1n) is 14.2. The van der Waals surface area contributed by atoms with Gasteiger partial charge in [0.1, 0.15) is 30.6 Å². The highest BCUT2D eigenvalue weighted by Crippen LogP contribution is 2.24. The van der Waals surface area contributed by atoms with Crippen molar-refractivity contribution in [1.29, 1.82) is 0 Å². The molecule has 8 heteroatoms. The highest BCUT2D eigenvalue weighted by atomic mass is 16.5. The van der Waals surface area contributed by atoms with Crippen LogP contribution in [-0.2, 0) is 20.7 Å². The molecule has 1 aliphatic heterocycles. The lowest BCUT2D eigenvalue weighted by molar-refractivity contribution is -0.160. The number of likely N-dealkylation sites (N-methyl/N-ethyl adjacent to an activating group) is 1. The third kappa shape index (κ3) is 10.9. The minimum Gasteiger partial charge on any atom is -0.491 e. The molecule has 5 atom stereocenters. The minimum absolute atomic E-state index is 0.0566. The molecule has 1 aromatic carbocycles. The molecule has 216 valence electrons. The fourth-order valence-electron chi connectivity index (χ4n) is 4.66. The summed E-state index contributed by atoms with van der Waals surface area (Å²) in [6, 6.07) is 6.34. The van der Waals surface area contributed by atoms with E-state index in [2.05, 4.69) is 6.92 Å². The molecule has 0 spiro atoms. The number of rotatable bonds is 10. The normalized spacial score (nSPS) is 24.0. The van der Waals surface area contributed by atoms with Crippen LogP contribution in [0.4, 0.5) is 0 Å². The average Bonchev–Trinajstić information content (AvgIpc) is 2.86. The summed E-state index contributed by atoms with van der Waals surface area (Å²) in [6.45, 7) is 7.18. The molecule has 1 aliphatic rings. The van der Waals surface area contributed by atoms with Crippen molar-refractivity contribution in [3.05, 3.63) is 29.8 Å². The van der Waals surface area contributed by atoms with Gasteiger partial charge in [-0.3, -0.25) is 4.79 Å². The van der Waals surface area contributed by atoms with E-state index in [-0.39, 0.29) is 18.9 Å². The Hall–Kier alpha value is -2.16. The van der Waals surface area contributed by atoms with Gasteiger partial charge in [-0.05, 0) is 63.1 Å². The van der Waals surface area contributed by atoms with Crippen molar-refractivity contribution < 1.29 is 34.4 Å². The highest BCUT2D eigenvalue weighted by Gasteiger charge is 2.31. The van der Waals surface area contributed by atoms with Crippen molar-refractivity contribution in [1.82, 2.24) is 4.90 Å². The summed E-state index contributed by atoms with van der Waals surface area (Å²) in [7, 11) is 1.66. The number of nitrogens with zero attached hydrogens (tertiary/aromatic N) is 1. The molecule has 1 saturated heterocycles. The molecule has 3 N–H and O–H groups in total. The van der Waals surface area contributed by atoms with Gasteiger partial charge in [-0.1, -0.05) is 45.2 Å². The van der Waals surface area contributed by atoms with Crippen LogP contribution < -0.4 is 4.74 Å². The Morgan fingerprint density at radius 1 is 1.11 bits per heavy atom. The molecule has 3 unspecified atom stereocenters.